The fourth-order valence-electron chi connectivity index (χ4n) is 2.93. The predicted octanol–water partition coefficient (Wildman–Crippen LogP) is 2.68. The van der Waals surface area contributed by atoms with Crippen LogP contribution in [0.2, 0.25) is 0 Å². The first-order chi connectivity index (χ1) is 11.7. The van der Waals surface area contributed by atoms with E-state index >= 15 is 0 Å². The molecular weight excluding hydrogens is 431 g/mol. The molecule has 25 heavy (non-hydrogen) atoms. The fourth-order valence-corrected chi connectivity index (χ4v) is 2.93. The van der Waals surface area contributed by atoms with Crippen molar-refractivity contribution in [2.75, 3.05) is 32.7 Å². The minimum Gasteiger partial charge on any atom is -0.459 e. The number of guanidine groups is 1. The Morgan fingerprint density at radius 1 is 1.20 bits per heavy atom. The van der Waals surface area contributed by atoms with Crippen molar-refractivity contribution < 1.29 is 9.21 Å². The fraction of sp³-hybridized carbons (Fsp3) is 0.444. The van der Waals surface area contributed by atoms with Crippen LogP contribution in [-0.4, -0.2) is 54.4 Å². The van der Waals surface area contributed by atoms with Crippen LogP contribution in [-0.2, 0) is 11.3 Å². The highest BCUT2D eigenvalue weighted by atomic mass is 127. The number of halogens is 1. The smallest absolute Gasteiger partial charge is 0.219 e. The van der Waals surface area contributed by atoms with Crippen molar-refractivity contribution in [2.24, 2.45) is 4.99 Å². The quantitative estimate of drug-likeness (QED) is 0.439. The van der Waals surface area contributed by atoms with Gasteiger partial charge in [-0.1, -0.05) is 18.2 Å². The molecule has 136 valence electrons. The summed E-state index contributed by atoms with van der Waals surface area (Å²) in [7, 11) is 0. The summed E-state index contributed by atoms with van der Waals surface area (Å²) in [4.78, 5) is 20.2. The molecule has 0 saturated carbocycles. The van der Waals surface area contributed by atoms with Gasteiger partial charge in [-0.3, -0.25) is 4.79 Å². The molecule has 0 atom stereocenters. The summed E-state index contributed by atoms with van der Waals surface area (Å²) in [6, 6.07) is 10.0. The molecule has 1 aromatic carbocycles. The van der Waals surface area contributed by atoms with Gasteiger partial charge in [0.05, 0.1) is 0 Å². The first kappa shape index (κ1) is 19.6. The minimum atomic E-state index is 0. The van der Waals surface area contributed by atoms with Gasteiger partial charge in [-0.2, -0.15) is 0 Å². The summed E-state index contributed by atoms with van der Waals surface area (Å²) < 4.78 is 5.83. The Morgan fingerprint density at radius 2 is 1.88 bits per heavy atom. The summed E-state index contributed by atoms with van der Waals surface area (Å²) in [5.74, 6) is 1.87. The molecule has 3 rings (SSSR count). The Bertz CT molecular complexity index is 703. The van der Waals surface area contributed by atoms with Crippen LogP contribution in [0.1, 0.15) is 19.6 Å². The Balaban J connectivity index is 0.00000225. The number of hydrogen-bond donors (Lipinski definition) is 1. The number of para-hydroxylation sites is 1. The van der Waals surface area contributed by atoms with E-state index in [1.54, 1.807) is 6.92 Å². The first-order valence-corrected chi connectivity index (χ1v) is 8.43. The average Bonchev–Trinajstić information content (AvgIpc) is 3.01. The van der Waals surface area contributed by atoms with Gasteiger partial charge < -0.3 is 19.5 Å². The largest absolute Gasteiger partial charge is 0.459 e. The lowest BCUT2D eigenvalue weighted by molar-refractivity contribution is -0.130. The normalized spacial score (nSPS) is 15.2. The van der Waals surface area contributed by atoms with Crippen molar-refractivity contribution >= 4 is 46.8 Å². The molecule has 2 aromatic rings. The van der Waals surface area contributed by atoms with Crippen molar-refractivity contribution in [3.8, 4) is 0 Å². The zero-order valence-corrected chi connectivity index (χ0v) is 17.0. The number of hydrogen-bond acceptors (Lipinski definition) is 3. The number of carbonyl (C=O) groups excluding carboxylic acids is 1. The summed E-state index contributed by atoms with van der Waals surface area (Å²) in [6.45, 7) is 8.07. The number of nitrogens with one attached hydrogen (secondary N) is 1. The average molecular weight is 456 g/mol. The molecule has 1 N–H and O–H groups in total. The highest BCUT2D eigenvalue weighted by Crippen LogP contribution is 2.19. The molecule has 0 spiro atoms. The van der Waals surface area contributed by atoms with Crippen LogP contribution in [0.3, 0.4) is 0 Å². The van der Waals surface area contributed by atoms with E-state index in [1.807, 2.05) is 35.2 Å². The third-order valence-electron chi connectivity index (χ3n) is 4.22. The molecule has 1 aliphatic heterocycles. The van der Waals surface area contributed by atoms with Gasteiger partial charge in [-0.25, -0.2) is 4.99 Å². The van der Waals surface area contributed by atoms with Crippen LogP contribution in [0.15, 0.2) is 39.7 Å². The highest BCUT2D eigenvalue weighted by molar-refractivity contribution is 14.0. The number of fused-ring (bicyclic) bond motifs is 1. The maximum atomic E-state index is 11.4. The van der Waals surface area contributed by atoms with Crippen LogP contribution in [0, 0.1) is 0 Å². The number of rotatable bonds is 3. The lowest BCUT2D eigenvalue weighted by atomic mass is 10.2. The summed E-state index contributed by atoms with van der Waals surface area (Å²) in [6.07, 6.45) is 0. The van der Waals surface area contributed by atoms with E-state index in [2.05, 4.69) is 17.1 Å². The van der Waals surface area contributed by atoms with Crippen molar-refractivity contribution in [2.45, 2.75) is 20.4 Å². The second kappa shape index (κ2) is 9.07. The minimum absolute atomic E-state index is 0. The molecule has 0 aliphatic carbocycles. The van der Waals surface area contributed by atoms with Gasteiger partial charge in [0, 0.05) is 45.0 Å². The summed E-state index contributed by atoms with van der Waals surface area (Å²) in [5, 5.41) is 4.43. The molecule has 0 radical (unpaired) electrons. The van der Waals surface area contributed by atoms with Gasteiger partial charge in [0.25, 0.3) is 0 Å². The van der Waals surface area contributed by atoms with Crippen molar-refractivity contribution in [1.29, 1.82) is 0 Å². The van der Waals surface area contributed by atoms with Gasteiger partial charge in [0.1, 0.15) is 17.9 Å². The van der Waals surface area contributed by atoms with Crippen molar-refractivity contribution in [1.82, 2.24) is 15.1 Å². The number of benzene rings is 1. The van der Waals surface area contributed by atoms with Crippen LogP contribution < -0.4 is 5.32 Å². The molecular formula is C18H25IN4O2. The van der Waals surface area contributed by atoms with E-state index < -0.39 is 0 Å². The van der Waals surface area contributed by atoms with E-state index in [9.17, 15) is 4.79 Å². The van der Waals surface area contributed by atoms with E-state index in [0.29, 0.717) is 6.54 Å². The lowest BCUT2D eigenvalue weighted by Gasteiger charge is -2.36. The Labute approximate surface area is 165 Å². The van der Waals surface area contributed by atoms with Crippen molar-refractivity contribution in [3.05, 3.63) is 36.1 Å². The molecule has 0 bridgehead atoms. The summed E-state index contributed by atoms with van der Waals surface area (Å²) >= 11 is 0. The number of piperazine rings is 1. The monoisotopic (exact) mass is 456 g/mol. The van der Waals surface area contributed by atoms with Crippen molar-refractivity contribution in [3.63, 3.8) is 0 Å². The molecule has 2 heterocycles. The Hall–Kier alpha value is -1.77. The number of furan rings is 1. The van der Waals surface area contributed by atoms with Crippen LogP contribution in [0.5, 0.6) is 0 Å². The number of aliphatic imine (C=N–C) groups is 1. The van der Waals surface area contributed by atoms with Gasteiger partial charge in [0.2, 0.25) is 5.91 Å². The molecule has 1 aromatic heterocycles. The standard InChI is InChI=1S/C18H24N4O2.HI/c1-3-19-18(22-10-8-21(9-11-22)14(2)23)20-13-16-12-15-6-4-5-7-17(15)24-16;/h4-7,12H,3,8-11,13H2,1-2H3,(H,19,20);1H. The molecule has 1 saturated heterocycles. The van der Waals surface area contributed by atoms with Crippen LogP contribution in [0.25, 0.3) is 11.0 Å². The third-order valence-corrected chi connectivity index (χ3v) is 4.22. The Kier molecular flexibility index (Phi) is 7.10. The zero-order chi connectivity index (χ0) is 16.9. The van der Waals surface area contributed by atoms with E-state index in [-0.39, 0.29) is 29.9 Å². The van der Waals surface area contributed by atoms with Gasteiger partial charge in [0.15, 0.2) is 5.96 Å². The topological polar surface area (TPSA) is 61.1 Å². The van der Waals surface area contributed by atoms with Gasteiger partial charge >= 0.3 is 0 Å². The van der Waals surface area contributed by atoms with E-state index in [1.165, 1.54) is 0 Å². The van der Waals surface area contributed by atoms with Crippen LogP contribution in [0.4, 0.5) is 0 Å². The number of carbonyl (C=O) groups is 1. The molecule has 0 unspecified atom stereocenters. The molecule has 1 fully saturated rings. The number of amides is 1. The van der Waals surface area contributed by atoms with Crippen LogP contribution >= 0.6 is 24.0 Å². The molecule has 7 heteroatoms. The van der Waals surface area contributed by atoms with Gasteiger partial charge in [-0.05, 0) is 19.1 Å². The highest BCUT2D eigenvalue weighted by Gasteiger charge is 2.20. The SMILES string of the molecule is CCNC(=NCc1cc2ccccc2o1)N1CCN(C(C)=O)CC1.I. The maximum absolute atomic E-state index is 11.4. The molecule has 1 amide bonds. The predicted molar refractivity (Wildman–Crippen MR) is 110 cm³/mol. The first-order valence-electron chi connectivity index (χ1n) is 8.43. The number of nitrogens with zero attached hydrogens (tertiary/aromatic N) is 3. The zero-order valence-electron chi connectivity index (χ0n) is 14.7. The second-order valence-corrected chi connectivity index (χ2v) is 5.91. The molecule has 1 aliphatic rings. The lowest BCUT2D eigenvalue weighted by Crippen LogP contribution is -2.53. The van der Waals surface area contributed by atoms with E-state index in [4.69, 9.17) is 9.41 Å². The van der Waals surface area contributed by atoms with E-state index in [0.717, 1.165) is 55.4 Å². The van der Waals surface area contributed by atoms with Gasteiger partial charge in [-0.15, -0.1) is 24.0 Å². The summed E-state index contributed by atoms with van der Waals surface area (Å²) in [5.41, 5.74) is 0.891. The maximum Gasteiger partial charge on any atom is 0.219 e. The molecule has 6 nitrogen and oxygen atoms in total. The second-order valence-electron chi connectivity index (χ2n) is 5.91. The third kappa shape index (κ3) is 4.87. The Morgan fingerprint density at radius 3 is 2.52 bits per heavy atom.